The highest BCUT2D eigenvalue weighted by atomic mass is 32.2. The number of benzene rings is 3. The van der Waals surface area contributed by atoms with E-state index < -0.39 is 17.2 Å². The number of hydrogen-bond acceptors (Lipinski definition) is 6. The Labute approximate surface area is 183 Å². The predicted octanol–water partition coefficient (Wildman–Crippen LogP) is 4.73. The number of carbonyl (C=O) groups excluding carboxylic acids is 1. The van der Waals surface area contributed by atoms with Gasteiger partial charge in [-0.2, -0.15) is 0 Å². The highest BCUT2D eigenvalue weighted by molar-refractivity contribution is 7.81. The van der Waals surface area contributed by atoms with Gasteiger partial charge >= 0.3 is 5.97 Å². The fourth-order valence-electron chi connectivity index (χ4n) is 2.94. The third-order valence-corrected chi connectivity index (χ3v) is 5.23. The molecule has 0 aliphatic carbocycles. The molecular formula is C23H21N2O5S-. The van der Waals surface area contributed by atoms with Crippen molar-refractivity contribution in [3.63, 3.8) is 0 Å². The van der Waals surface area contributed by atoms with E-state index in [1.165, 1.54) is 19.2 Å². The molecule has 0 fully saturated rings. The maximum absolute atomic E-state index is 12.5. The molecule has 0 aromatic heterocycles. The minimum atomic E-state index is -2.68. The standard InChI is InChI=1S/C23H22N2O5S/c1-4-16-13-18(9-11-21(16)24)30-19-10-12-22(20(14-19)23(26)29-3)25(31(27)28)17-7-5-15(2)6-8-17/h4-14H,1,24H2,2-3H3,(H,27,28)/p-1. The van der Waals surface area contributed by atoms with Crippen molar-refractivity contribution in [1.82, 2.24) is 0 Å². The zero-order valence-electron chi connectivity index (χ0n) is 17.0. The number of aryl methyl sites for hydroxylation is 1. The summed E-state index contributed by atoms with van der Waals surface area (Å²) in [5, 5.41) is 0. The average Bonchev–Trinajstić information content (AvgIpc) is 2.76. The molecule has 31 heavy (non-hydrogen) atoms. The van der Waals surface area contributed by atoms with Crippen LogP contribution in [-0.2, 0) is 16.0 Å². The number of rotatable bonds is 7. The van der Waals surface area contributed by atoms with Crippen LogP contribution in [-0.4, -0.2) is 21.8 Å². The third kappa shape index (κ3) is 4.93. The lowest BCUT2D eigenvalue weighted by Gasteiger charge is -2.28. The molecule has 0 aliphatic heterocycles. The van der Waals surface area contributed by atoms with Crippen LogP contribution in [0.15, 0.2) is 67.2 Å². The summed E-state index contributed by atoms with van der Waals surface area (Å²) in [4.78, 5) is 12.5. The van der Waals surface area contributed by atoms with E-state index in [-0.39, 0.29) is 11.3 Å². The Morgan fingerprint density at radius 1 is 1.10 bits per heavy atom. The summed E-state index contributed by atoms with van der Waals surface area (Å²) >= 11 is -2.68. The van der Waals surface area contributed by atoms with Gasteiger partial charge in [-0.1, -0.05) is 30.4 Å². The van der Waals surface area contributed by atoms with Crippen LogP contribution in [0.3, 0.4) is 0 Å². The van der Waals surface area contributed by atoms with Crippen molar-refractivity contribution in [1.29, 1.82) is 0 Å². The molecule has 0 spiro atoms. The molecule has 3 aromatic carbocycles. The fraction of sp³-hybridized carbons (Fsp3) is 0.0870. The Morgan fingerprint density at radius 3 is 2.35 bits per heavy atom. The van der Waals surface area contributed by atoms with Crippen molar-refractivity contribution in [3.8, 4) is 11.5 Å². The van der Waals surface area contributed by atoms with Gasteiger partial charge in [-0.3, -0.25) is 8.51 Å². The van der Waals surface area contributed by atoms with Crippen molar-refractivity contribution in [2.24, 2.45) is 0 Å². The summed E-state index contributed by atoms with van der Waals surface area (Å²) in [7, 11) is 1.22. The van der Waals surface area contributed by atoms with Crippen LogP contribution < -0.4 is 14.8 Å². The molecule has 8 heteroatoms. The van der Waals surface area contributed by atoms with E-state index in [0.29, 0.717) is 28.4 Å². The Hall–Kier alpha value is -3.62. The topological polar surface area (TPSA) is 105 Å². The van der Waals surface area contributed by atoms with E-state index in [9.17, 15) is 13.6 Å². The van der Waals surface area contributed by atoms with Gasteiger partial charge in [-0.15, -0.1) is 0 Å². The molecule has 2 N–H and O–H groups in total. The maximum atomic E-state index is 12.5. The molecule has 3 aromatic rings. The van der Waals surface area contributed by atoms with Gasteiger partial charge in [0.15, 0.2) is 0 Å². The first kappa shape index (κ1) is 22.1. The quantitative estimate of drug-likeness (QED) is 0.325. The molecule has 160 valence electrons. The number of nitrogen functional groups attached to an aromatic ring is 1. The first-order valence-corrected chi connectivity index (χ1v) is 10.3. The lowest BCUT2D eigenvalue weighted by molar-refractivity contribution is 0.0601. The zero-order chi connectivity index (χ0) is 22.5. The maximum Gasteiger partial charge on any atom is 0.340 e. The smallest absolute Gasteiger partial charge is 0.340 e. The Bertz CT molecular complexity index is 1150. The molecule has 0 amide bonds. The summed E-state index contributed by atoms with van der Waals surface area (Å²) in [6, 6.07) is 16.4. The fourth-order valence-corrected chi connectivity index (χ4v) is 3.56. The van der Waals surface area contributed by atoms with E-state index in [1.807, 2.05) is 6.92 Å². The van der Waals surface area contributed by atoms with Gasteiger partial charge < -0.3 is 19.8 Å². The minimum absolute atomic E-state index is 0.0316. The highest BCUT2D eigenvalue weighted by Gasteiger charge is 2.21. The normalized spacial score (nSPS) is 11.5. The summed E-state index contributed by atoms with van der Waals surface area (Å²) in [5.41, 5.74) is 8.65. The van der Waals surface area contributed by atoms with Gasteiger partial charge in [0.05, 0.1) is 35.3 Å². The van der Waals surface area contributed by atoms with Crippen LogP contribution in [0.5, 0.6) is 11.5 Å². The van der Waals surface area contributed by atoms with Gasteiger partial charge in [0.1, 0.15) is 11.5 Å². The highest BCUT2D eigenvalue weighted by Crippen LogP contribution is 2.35. The van der Waals surface area contributed by atoms with E-state index in [4.69, 9.17) is 15.2 Å². The van der Waals surface area contributed by atoms with Gasteiger partial charge in [-0.05, 0) is 55.5 Å². The molecule has 0 saturated heterocycles. The van der Waals surface area contributed by atoms with E-state index >= 15 is 0 Å². The largest absolute Gasteiger partial charge is 0.755 e. The van der Waals surface area contributed by atoms with Crippen LogP contribution in [0.4, 0.5) is 17.1 Å². The number of nitrogens with zero attached hydrogens (tertiary/aromatic N) is 1. The molecule has 3 rings (SSSR count). The Balaban J connectivity index is 2.05. The van der Waals surface area contributed by atoms with Gasteiger partial charge in [0, 0.05) is 11.3 Å². The van der Waals surface area contributed by atoms with Crippen LogP contribution in [0.1, 0.15) is 21.5 Å². The second kappa shape index (κ2) is 9.46. The first-order valence-electron chi connectivity index (χ1n) is 9.22. The number of esters is 1. The van der Waals surface area contributed by atoms with E-state index in [0.717, 1.165) is 9.87 Å². The van der Waals surface area contributed by atoms with E-state index in [2.05, 4.69) is 6.58 Å². The molecule has 7 nitrogen and oxygen atoms in total. The Morgan fingerprint density at radius 2 is 1.74 bits per heavy atom. The SMILES string of the molecule is C=Cc1cc(Oc2ccc(N(c3ccc(C)cc3)S(=O)[O-])c(C(=O)OC)c2)ccc1N. The lowest BCUT2D eigenvalue weighted by atomic mass is 10.1. The molecule has 0 heterocycles. The van der Waals surface area contributed by atoms with Crippen molar-refractivity contribution in [3.05, 3.63) is 83.9 Å². The number of anilines is 3. The Kier molecular flexibility index (Phi) is 6.74. The lowest BCUT2D eigenvalue weighted by Crippen LogP contribution is -2.22. The second-order valence-electron chi connectivity index (χ2n) is 6.61. The van der Waals surface area contributed by atoms with Crippen molar-refractivity contribution >= 4 is 40.4 Å². The second-order valence-corrected chi connectivity index (χ2v) is 7.41. The third-order valence-electron chi connectivity index (χ3n) is 4.52. The minimum Gasteiger partial charge on any atom is -0.755 e. The van der Waals surface area contributed by atoms with Gasteiger partial charge in [0.25, 0.3) is 0 Å². The number of ether oxygens (including phenoxy) is 2. The monoisotopic (exact) mass is 437 g/mol. The molecule has 1 unspecified atom stereocenters. The van der Waals surface area contributed by atoms with Crippen LogP contribution in [0.25, 0.3) is 6.08 Å². The summed E-state index contributed by atoms with van der Waals surface area (Å²) in [6.07, 6.45) is 1.61. The molecule has 0 aliphatic rings. The summed E-state index contributed by atoms with van der Waals surface area (Å²) < 4.78 is 35.8. The zero-order valence-corrected chi connectivity index (χ0v) is 17.8. The number of carbonyl (C=O) groups is 1. The molecule has 0 radical (unpaired) electrons. The first-order chi connectivity index (χ1) is 14.8. The number of hydrogen-bond donors (Lipinski definition) is 1. The van der Waals surface area contributed by atoms with Crippen LogP contribution in [0, 0.1) is 6.92 Å². The van der Waals surface area contributed by atoms with Gasteiger partial charge in [0.2, 0.25) is 0 Å². The number of methoxy groups -OCH3 is 1. The summed E-state index contributed by atoms with van der Waals surface area (Å²) in [6.45, 7) is 5.60. The van der Waals surface area contributed by atoms with Crippen LogP contribution in [0.2, 0.25) is 0 Å². The van der Waals surface area contributed by atoms with Crippen molar-refractivity contribution < 1.29 is 23.0 Å². The molecular weight excluding hydrogens is 416 g/mol. The van der Waals surface area contributed by atoms with Crippen molar-refractivity contribution in [2.75, 3.05) is 17.1 Å². The summed E-state index contributed by atoms with van der Waals surface area (Å²) in [5.74, 6) is 0.104. The molecule has 0 bridgehead atoms. The number of nitrogens with two attached hydrogens (primary N) is 1. The molecule has 1 atom stereocenters. The van der Waals surface area contributed by atoms with Crippen LogP contribution >= 0.6 is 0 Å². The molecule has 0 saturated carbocycles. The van der Waals surface area contributed by atoms with E-state index in [1.54, 1.807) is 54.6 Å². The van der Waals surface area contributed by atoms with Gasteiger partial charge in [-0.25, -0.2) is 4.79 Å². The average molecular weight is 437 g/mol. The van der Waals surface area contributed by atoms with Crippen molar-refractivity contribution in [2.45, 2.75) is 6.92 Å². The predicted molar refractivity (Wildman–Crippen MR) is 121 cm³/mol.